The van der Waals surface area contributed by atoms with Crippen LogP contribution in [0.2, 0.25) is 0 Å². The van der Waals surface area contributed by atoms with Crippen molar-refractivity contribution in [3.63, 3.8) is 0 Å². The summed E-state index contributed by atoms with van der Waals surface area (Å²) in [7, 11) is -1.88. The first-order valence-corrected chi connectivity index (χ1v) is 13.5. The van der Waals surface area contributed by atoms with Crippen molar-refractivity contribution in [2.24, 2.45) is 0 Å². The molecule has 36 heavy (non-hydrogen) atoms. The quantitative estimate of drug-likeness (QED) is 0.599. The van der Waals surface area contributed by atoms with Gasteiger partial charge in [0.05, 0.1) is 24.0 Å². The molecule has 9 nitrogen and oxygen atoms in total. The van der Waals surface area contributed by atoms with Crippen molar-refractivity contribution in [2.75, 3.05) is 44.6 Å². The van der Waals surface area contributed by atoms with Gasteiger partial charge in [-0.1, -0.05) is 0 Å². The molecular weight excluding hydrogens is 489 g/mol. The maximum Gasteiger partial charge on any atom is 0.261 e. The molecule has 2 N–H and O–H groups in total. The number of carbonyl (C=O) groups excluding carboxylic acids is 1. The molecule has 0 aliphatic carbocycles. The average Bonchev–Trinajstić information content (AvgIpc) is 3.22. The topological polar surface area (TPSA) is 108 Å². The standard InChI is InChI=1S/C25H30FN3O6S/c1-28-8-10-29(11-9-28)24(31)14-18-13-21-20-12-17(4-7-22(20)35-25(21)23(15-30)34-18)27-36(32,33)19-5-2-16(26)3-6-19/h2-7,12,18,21,23,25,27,30H,8-11,13-15H2,1H3/t18-,21+,23+,25-/m1/s1. The zero-order valence-electron chi connectivity index (χ0n) is 20.0. The van der Waals surface area contributed by atoms with Gasteiger partial charge in [0.15, 0.2) is 0 Å². The molecule has 0 aromatic heterocycles. The first-order valence-electron chi connectivity index (χ1n) is 12.0. The van der Waals surface area contributed by atoms with Crippen LogP contribution >= 0.6 is 0 Å². The van der Waals surface area contributed by atoms with Crippen molar-refractivity contribution in [3.8, 4) is 5.75 Å². The molecule has 0 spiro atoms. The summed E-state index contributed by atoms with van der Waals surface area (Å²) in [4.78, 5) is 16.9. The lowest BCUT2D eigenvalue weighted by atomic mass is 9.84. The summed E-state index contributed by atoms with van der Waals surface area (Å²) in [6.07, 6.45) is -0.674. The number of aliphatic hydroxyl groups excluding tert-OH is 1. The summed E-state index contributed by atoms with van der Waals surface area (Å²) in [6.45, 7) is 2.78. The smallest absolute Gasteiger partial charge is 0.261 e. The predicted molar refractivity (Wildman–Crippen MR) is 130 cm³/mol. The molecule has 5 rings (SSSR count). The van der Waals surface area contributed by atoms with Gasteiger partial charge in [0.2, 0.25) is 5.91 Å². The summed E-state index contributed by atoms with van der Waals surface area (Å²) >= 11 is 0. The van der Waals surface area contributed by atoms with Gasteiger partial charge in [0.25, 0.3) is 10.0 Å². The monoisotopic (exact) mass is 519 g/mol. The van der Waals surface area contributed by atoms with E-state index in [2.05, 4.69) is 9.62 Å². The van der Waals surface area contributed by atoms with E-state index >= 15 is 0 Å². The summed E-state index contributed by atoms with van der Waals surface area (Å²) < 4.78 is 53.5. The highest BCUT2D eigenvalue weighted by Crippen LogP contribution is 2.47. The number of likely N-dealkylation sites (N-methyl/N-ethyl adjacent to an activating group) is 1. The number of nitrogens with one attached hydrogen (secondary N) is 1. The average molecular weight is 520 g/mol. The summed E-state index contributed by atoms with van der Waals surface area (Å²) in [6, 6.07) is 9.61. The Hall–Kier alpha value is -2.73. The van der Waals surface area contributed by atoms with Gasteiger partial charge in [-0.05, 0) is 55.9 Å². The number of hydrogen-bond acceptors (Lipinski definition) is 7. The normalized spacial score (nSPS) is 26.1. The summed E-state index contributed by atoms with van der Waals surface area (Å²) in [5.74, 6) is -0.0502. The molecule has 0 unspecified atom stereocenters. The van der Waals surface area contributed by atoms with Gasteiger partial charge in [0.1, 0.15) is 23.8 Å². The third-order valence-corrected chi connectivity index (χ3v) is 8.53. The molecule has 3 aliphatic rings. The van der Waals surface area contributed by atoms with Crippen molar-refractivity contribution >= 4 is 21.6 Å². The molecule has 4 atom stereocenters. The molecular formula is C25H30FN3O6S. The highest BCUT2D eigenvalue weighted by atomic mass is 32.2. The van der Waals surface area contributed by atoms with Gasteiger partial charge < -0.3 is 24.4 Å². The Bertz CT molecular complexity index is 1220. The summed E-state index contributed by atoms with van der Waals surface area (Å²) in [5.41, 5.74) is 1.15. The minimum Gasteiger partial charge on any atom is -0.487 e. The highest BCUT2D eigenvalue weighted by molar-refractivity contribution is 7.92. The van der Waals surface area contributed by atoms with E-state index in [-0.39, 0.29) is 35.9 Å². The van der Waals surface area contributed by atoms with Crippen LogP contribution in [-0.4, -0.2) is 87.4 Å². The van der Waals surface area contributed by atoms with Crippen molar-refractivity contribution in [3.05, 3.63) is 53.8 Å². The van der Waals surface area contributed by atoms with Crippen LogP contribution in [0, 0.1) is 5.82 Å². The van der Waals surface area contributed by atoms with Gasteiger partial charge in [-0.25, -0.2) is 12.8 Å². The fourth-order valence-electron chi connectivity index (χ4n) is 5.16. The lowest BCUT2D eigenvalue weighted by Crippen LogP contribution is -2.50. The van der Waals surface area contributed by atoms with Crippen molar-refractivity contribution in [2.45, 2.75) is 42.0 Å². The second-order valence-corrected chi connectivity index (χ2v) is 11.3. The molecule has 11 heteroatoms. The predicted octanol–water partition coefficient (Wildman–Crippen LogP) is 1.78. The van der Waals surface area contributed by atoms with E-state index in [1.165, 1.54) is 12.1 Å². The van der Waals surface area contributed by atoms with E-state index < -0.39 is 28.0 Å². The van der Waals surface area contributed by atoms with Gasteiger partial charge in [0, 0.05) is 43.3 Å². The molecule has 1 amide bonds. The molecule has 3 heterocycles. The lowest BCUT2D eigenvalue weighted by Gasteiger charge is -2.38. The van der Waals surface area contributed by atoms with Gasteiger partial charge in [-0.3, -0.25) is 9.52 Å². The lowest BCUT2D eigenvalue weighted by molar-refractivity contribution is -0.150. The van der Waals surface area contributed by atoms with E-state index in [0.717, 1.165) is 30.8 Å². The van der Waals surface area contributed by atoms with Crippen LogP contribution in [-0.2, 0) is 19.6 Å². The molecule has 0 radical (unpaired) electrons. The maximum absolute atomic E-state index is 13.2. The van der Waals surface area contributed by atoms with E-state index in [1.807, 2.05) is 11.9 Å². The van der Waals surface area contributed by atoms with E-state index in [9.17, 15) is 22.7 Å². The number of piperazine rings is 1. The Morgan fingerprint density at radius 2 is 1.86 bits per heavy atom. The number of amides is 1. The van der Waals surface area contributed by atoms with Crippen LogP contribution in [0.3, 0.4) is 0 Å². The Labute approximate surface area is 209 Å². The number of carbonyl (C=O) groups is 1. The fourth-order valence-corrected chi connectivity index (χ4v) is 6.21. The molecule has 0 bridgehead atoms. The Morgan fingerprint density at radius 1 is 1.14 bits per heavy atom. The number of fused-ring (bicyclic) bond motifs is 3. The second kappa shape index (κ2) is 9.97. The zero-order valence-corrected chi connectivity index (χ0v) is 20.8. The number of hydrogen-bond donors (Lipinski definition) is 2. The number of rotatable bonds is 6. The SMILES string of the molecule is CN1CCN(C(=O)C[C@H]2C[C@H]3c4cc(NS(=O)(=O)c5ccc(F)cc5)ccc4O[C@H]3[C@H](CO)O2)CC1. The highest BCUT2D eigenvalue weighted by Gasteiger charge is 2.46. The minimum absolute atomic E-state index is 0.0307. The molecule has 2 aromatic carbocycles. The Morgan fingerprint density at radius 3 is 2.56 bits per heavy atom. The van der Waals surface area contributed by atoms with Crippen LogP contribution in [0.4, 0.5) is 10.1 Å². The van der Waals surface area contributed by atoms with Crippen LogP contribution in [0.1, 0.15) is 24.3 Å². The Balaban J connectivity index is 1.32. The molecule has 194 valence electrons. The number of benzene rings is 2. The van der Waals surface area contributed by atoms with Gasteiger partial charge in [-0.15, -0.1) is 0 Å². The molecule has 3 aliphatic heterocycles. The molecule has 2 saturated heterocycles. The maximum atomic E-state index is 13.2. The number of halogens is 1. The first kappa shape index (κ1) is 24.9. The third kappa shape index (κ3) is 5.06. The number of sulfonamides is 1. The molecule has 2 aromatic rings. The van der Waals surface area contributed by atoms with Crippen LogP contribution < -0.4 is 9.46 Å². The Kier molecular flexibility index (Phi) is 6.90. The number of ether oxygens (including phenoxy) is 2. The summed E-state index contributed by atoms with van der Waals surface area (Å²) in [5, 5.41) is 9.98. The van der Waals surface area contributed by atoms with Crippen LogP contribution in [0.5, 0.6) is 5.75 Å². The van der Waals surface area contributed by atoms with Crippen LogP contribution in [0.15, 0.2) is 47.4 Å². The van der Waals surface area contributed by atoms with Crippen molar-refractivity contribution < 1.29 is 32.2 Å². The molecule has 0 saturated carbocycles. The zero-order chi connectivity index (χ0) is 25.4. The minimum atomic E-state index is -3.91. The largest absolute Gasteiger partial charge is 0.487 e. The number of anilines is 1. The van der Waals surface area contributed by atoms with E-state index in [4.69, 9.17) is 9.47 Å². The third-order valence-electron chi connectivity index (χ3n) is 7.13. The van der Waals surface area contributed by atoms with E-state index in [1.54, 1.807) is 18.2 Å². The first-order chi connectivity index (χ1) is 17.2. The van der Waals surface area contributed by atoms with E-state index in [0.29, 0.717) is 30.9 Å². The van der Waals surface area contributed by atoms with Crippen LogP contribution in [0.25, 0.3) is 0 Å². The van der Waals surface area contributed by atoms with Crippen molar-refractivity contribution in [1.82, 2.24) is 9.80 Å². The second-order valence-electron chi connectivity index (χ2n) is 9.60. The number of aliphatic hydroxyl groups is 1. The molecule has 2 fully saturated rings. The number of nitrogens with zero attached hydrogens (tertiary/aromatic N) is 2. The van der Waals surface area contributed by atoms with Gasteiger partial charge >= 0.3 is 0 Å². The van der Waals surface area contributed by atoms with Crippen molar-refractivity contribution in [1.29, 1.82) is 0 Å². The van der Waals surface area contributed by atoms with Gasteiger partial charge in [-0.2, -0.15) is 0 Å². The fraction of sp³-hybridized carbons (Fsp3) is 0.480.